The number of hydrogen-bond donors (Lipinski definition) is 1. The first-order valence-corrected chi connectivity index (χ1v) is 11.6. The Kier molecular flexibility index (Phi) is 7.71. The van der Waals surface area contributed by atoms with Gasteiger partial charge in [0.1, 0.15) is 5.54 Å². The Balaban J connectivity index is 1.78. The van der Waals surface area contributed by atoms with Gasteiger partial charge >= 0.3 is 12.0 Å². The van der Waals surface area contributed by atoms with Crippen molar-refractivity contribution in [3.8, 4) is 0 Å². The quantitative estimate of drug-likeness (QED) is 0.449. The number of amides is 3. The number of ether oxygens (including phenoxy) is 1. The maximum atomic E-state index is 13.5. The summed E-state index contributed by atoms with van der Waals surface area (Å²) in [6.07, 6.45) is 3.56. The van der Waals surface area contributed by atoms with Crippen LogP contribution in [0.3, 0.4) is 0 Å². The normalized spacial score (nSPS) is 18.4. The van der Waals surface area contributed by atoms with Crippen LogP contribution in [-0.4, -0.2) is 52.5 Å². The molecule has 2 aromatic rings. The molecular formula is C26H34N4O4. The van der Waals surface area contributed by atoms with Gasteiger partial charge in [0.2, 0.25) is 0 Å². The van der Waals surface area contributed by atoms with Crippen molar-refractivity contribution < 1.29 is 19.1 Å². The van der Waals surface area contributed by atoms with E-state index in [4.69, 9.17) is 4.74 Å². The highest BCUT2D eigenvalue weighted by Crippen LogP contribution is 2.31. The minimum Gasteiger partial charge on any atom is -0.466 e. The Morgan fingerprint density at radius 3 is 2.47 bits per heavy atom. The summed E-state index contributed by atoms with van der Waals surface area (Å²) in [4.78, 5) is 45.5. The first-order valence-electron chi connectivity index (χ1n) is 11.6. The third-order valence-electron chi connectivity index (χ3n) is 6.01. The average Bonchev–Trinajstić information content (AvgIpc) is 3.01. The van der Waals surface area contributed by atoms with Gasteiger partial charge < -0.3 is 10.1 Å². The molecule has 1 fully saturated rings. The SMILES string of the molecule is CCOC(=O)CCN(Cc1cccnc1)CN1C(=O)NC(C)(c2ccc(C(C)(C)C)cc2)C1=O. The van der Waals surface area contributed by atoms with E-state index in [0.29, 0.717) is 19.7 Å². The number of benzene rings is 1. The third kappa shape index (κ3) is 5.80. The van der Waals surface area contributed by atoms with Crippen molar-refractivity contribution in [3.63, 3.8) is 0 Å². The Morgan fingerprint density at radius 2 is 1.88 bits per heavy atom. The maximum absolute atomic E-state index is 13.5. The van der Waals surface area contributed by atoms with E-state index in [1.165, 1.54) is 4.90 Å². The van der Waals surface area contributed by atoms with Gasteiger partial charge in [-0.1, -0.05) is 51.1 Å². The molecule has 0 aliphatic carbocycles. The molecule has 1 aromatic carbocycles. The monoisotopic (exact) mass is 466 g/mol. The number of carbonyl (C=O) groups is 3. The minimum atomic E-state index is -1.16. The van der Waals surface area contributed by atoms with E-state index < -0.39 is 11.6 Å². The van der Waals surface area contributed by atoms with Crippen molar-refractivity contribution in [2.45, 2.75) is 58.5 Å². The predicted octanol–water partition coefficient (Wildman–Crippen LogP) is 3.56. The summed E-state index contributed by atoms with van der Waals surface area (Å²) in [5.74, 6) is -0.645. The van der Waals surface area contributed by atoms with Crippen molar-refractivity contribution in [3.05, 3.63) is 65.5 Å². The number of urea groups is 1. The molecule has 182 valence electrons. The molecule has 0 radical (unpaired) electrons. The molecule has 1 atom stereocenters. The summed E-state index contributed by atoms with van der Waals surface area (Å²) in [7, 11) is 0. The lowest BCUT2D eigenvalue weighted by molar-refractivity contribution is -0.143. The highest BCUT2D eigenvalue weighted by atomic mass is 16.5. The van der Waals surface area contributed by atoms with E-state index in [9.17, 15) is 14.4 Å². The largest absolute Gasteiger partial charge is 0.466 e. The summed E-state index contributed by atoms with van der Waals surface area (Å²) >= 11 is 0. The maximum Gasteiger partial charge on any atom is 0.326 e. The summed E-state index contributed by atoms with van der Waals surface area (Å²) in [5.41, 5.74) is 1.62. The highest BCUT2D eigenvalue weighted by Gasteiger charge is 2.49. The number of nitrogens with one attached hydrogen (secondary N) is 1. The second kappa shape index (κ2) is 10.3. The average molecular weight is 467 g/mol. The zero-order valence-corrected chi connectivity index (χ0v) is 20.6. The molecule has 2 heterocycles. The lowest BCUT2D eigenvalue weighted by atomic mass is 9.84. The zero-order chi connectivity index (χ0) is 24.9. The lowest BCUT2D eigenvalue weighted by Crippen LogP contribution is -2.44. The molecule has 0 bridgehead atoms. The van der Waals surface area contributed by atoms with Crippen LogP contribution in [0.15, 0.2) is 48.8 Å². The number of nitrogens with zero attached hydrogens (tertiary/aromatic N) is 3. The van der Waals surface area contributed by atoms with E-state index in [2.05, 4.69) is 31.1 Å². The summed E-state index contributed by atoms with van der Waals surface area (Å²) in [5, 5.41) is 2.87. The number of aromatic nitrogens is 1. The van der Waals surface area contributed by atoms with Crippen LogP contribution in [-0.2, 0) is 31.8 Å². The predicted molar refractivity (Wildman–Crippen MR) is 129 cm³/mol. The van der Waals surface area contributed by atoms with Gasteiger partial charge in [0.05, 0.1) is 19.7 Å². The van der Waals surface area contributed by atoms with Crippen molar-refractivity contribution in [1.82, 2.24) is 20.1 Å². The highest BCUT2D eigenvalue weighted by molar-refractivity contribution is 6.07. The van der Waals surface area contributed by atoms with Crippen LogP contribution in [0.4, 0.5) is 4.79 Å². The van der Waals surface area contributed by atoms with Gasteiger partial charge in [-0.3, -0.25) is 19.5 Å². The van der Waals surface area contributed by atoms with Crippen molar-refractivity contribution in [1.29, 1.82) is 0 Å². The van der Waals surface area contributed by atoms with Crippen LogP contribution >= 0.6 is 0 Å². The molecule has 0 spiro atoms. The molecule has 34 heavy (non-hydrogen) atoms. The number of imide groups is 1. The van der Waals surface area contributed by atoms with Crippen molar-refractivity contribution >= 4 is 17.9 Å². The molecule has 3 amide bonds. The standard InChI is InChI=1S/C26H34N4O4/c1-6-34-22(31)13-15-29(17-19-8-7-14-27-16-19)18-30-23(32)26(5,28-24(30)33)21-11-9-20(10-12-21)25(2,3)4/h7-12,14,16H,6,13,15,17-18H2,1-5H3,(H,28,33). The Labute approximate surface area is 201 Å². The number of pyridine rings is 1. The fraction of sp³-hybridized carbons (Fsp3) is 0.462. The lowest BCUT2D eigenvalue weighted by Gasteiger charge is -2.27. The molecule has 3 rings (SSSR count). The van der Waals surface area contributed by atoms with Crippen LogP contribution < -0.4 is 5.32 Å². The summed E-state index contributed by atoms with van der Waals surface area (Å²) in [6, 6.07) is 11.1. The van der Waals surface area contributed by atoms with Gasteiger partial charge in [0.15, 0.2) is 0 Å². The van der Waals surface area contributed by atoms with Gasteiger partial charge in [-0.05, 0) is 42.0 Å². The number of rotatable bonds is 9. The molecule has 0 saturated carbocycles. The molecule has 1 aromatic heterocycles. The van der Waals surface area contributed by atoms with Crippen LogP contribution in [0, 0.1) is 0 Å². The van der Waals surface area contributed by atoms with Gasteiger partial charge in [-0.25, -0.2) is 9.69 Å². The zero-order valence-electron chi connectivity index (χ0n) is 20.6. The summed E-state index contributed by atoms with van der Waals surface area (Å²) in [6.45, 7) is 11.0. The summed E-state index contributed by atoms with van der Waals surface area (Å²) < 4.78 is 5.04. The Hall–Kier alpha value is -3.26. The number of carbonyl (C=O) groups excluding carboxylic acids is 3. The van der Waals surface area contributed by atoms with Crippen molar-refractivity contribution in [2.24, 2.45) is 0 Å². The molecule has 1 N–H and O–H groups in total. The molecule has 1 aliphatic heterocycles. The van der Waals surface area contributed by atoms with E-state index in [1.807, 2.05) is 41.3 Å². The molecular weight excluding hydrogens is 432 g/mol. The van der Waals surface area contributed by atoms with Gasteiger partial charge in [0.25, 0.3) is 5.91 Å². The topological polar surface area (TPSA) is 91.8 Å². The number of hydrogen-bond acceptors (Lipinski definition) is 6. The number of esters is 1. The van der Waals surface area contributed by atoms with Crippen LogP contribution in [0.5, 0.6) is 0 Å². The minimum absolute atomic E-state index is 0.0138. The van der Waals surface area contributed by atoms with Gasteiger partial charge in [-0.15, -0.1) is 0 Å². The van der Waals surface area contributed by atoms with E-state index in [1.54, 1.807) is 26.2 Å². The molecule has 1 unspecified atom stereocenters. The smallest absolute Gasteiger partial charge is 0.326 e. The fourth-order valence-electron chi connectivity index (χ4n) is 3.96. The van der Waals surface area contributed by atoms with Crippen molar-refractivity contribution in [2.75, 3.05) is 19.8 Å². The molecule has 1 saturated heterocycles. The Morgan fingerprint density at radius 1 is 1.18 bits per heavy atom. The van der Waals surface area contributed by atoms with Gasteiger partial charge in [-0.2, -0.15) is 0 Å². The molecule has 8 heteroatoms. The second-order valence-electron chi connectivity index (χ2n) is 9.73. The second-order valence-corrected chi connectivity index (χ2v) is 9.73. The van der Waals surface area contributed by atoms with Gasteiger partial charge in [0, 0.05) is 25.5 Å². The molecule has 1 aliphatic rings. The Bertz CT molecular complexity index is 1020. The van der Waals surface area contributed by atoms with E-state index in [0.717, 1.165) is 16.7 Å². The first-order chi connectivity index (χ1) is 16.0. The van der Waals surface area contributed by atoms with E-state index >= 15 is 0 Å². The van der Waals surface area contributed by atoms with Crippen LogP contribution in [0.25, 0.3) is 0 Å². The molecule has 8 nitrogen and oxygen atoms in total. The first kappa shape index (κ1) is 25.4. The van der Waals surface area contributed by atoms with Crippen LogP contribution in [0.1, 0.15) is 57.7 Å². The third-order valence-corrected chi connectivity index (χ3v) is 6.01. The fourth-order valence-corrected chi connectivity index (χ4v) is 3.96. The van der Waals surface area contributed by atoms with E-state index in [-0.39, 0.29) is 30.4 Å². The van der Waals surface area contributed by atoms with Crippen LogP contribution in [0.2, 0.25) is 0 Å².